The summed E-state index contributed by atoms with van der Waals surface area (Å²) < 4.78 is 13.9. The molecule has 0 spiro atoms. The molecule has 2 aromatic carbocycles. The van der Waals surface area contributed by atoms with Crippen LogP contribution < -0.4 is 0 Å². The molecule has 0 saturated carbocycles. The van der Waals surface area contributed by atoms with Crippen LogP contribution in [0, 0.1) is 26.6 Å². The monoisotopic (exact) mass is 320 g/mol. The van der Waals surface area contributed by atoms with Crippen LogP contribution in [0.25, 0.3) is 0 Å². The molecule has 0 radical (unpaired) electrons. The van der Waals surface area contributed by atoms with Gasteiger partial charge in [0.05, 0.1) is 0 Å². The largest absolute Gasteiger partial charge is 0.207 e. The average Bonchev–Trinajstić information content (AvgIpc) is 2.36. The molecule has 0 saturated heterocycles. The third-order valence-electron chi connectivity index (χ3n) is 3.39. The van der Waals surface area contributed by atoms with Gasteiger partial charge in [0.2, 0.25) is 0 Å². The predicted octanol–water partition coefficient (Wildman–Crippen LogP) is 5.43. The number of hydrogen-bond acceptors (Lipinski definition) is 0. The van der Waals surface area contributed by atoms with Crippen molar-refractivity contribution in [2.24, 2.45) is 0 Å². The van der Waals surface area contributed by atoms with Crippen molar-refractivity contribution in [2.45, 2.75) is 32.0 Å². The molecule has 0 aliphatic heterocycles. The minimum absolute atomic E-state index is 0.00731. The SMILES string of the molecule is Cc1ccc(C)c(CC(Br)c2cc(C)ccc2F)c1. The van der Waals surface area contributed by atoms with E-state index in [0.717, 1.165) is 17.5 Å². The fourth-order valence-corrected chi connectivity index (χ4v) is 2.93. The zero-order valence-corrected chi connectivity index (χ0v) is 13.1. The fourth-order valence-electron chi connectivity index (χ4n) is 2.23. The highest BCUT2D eigenvalue weighted by molar-refractivity contribution is 9.09. The van der Waals surface area contributed by atoms with Gasteiger partial charge in [-0.25, -0.2) is 4.39 Å². The van der Waals surface area contributed by atoms with E-state index in [1.54, 1.807) is 12.1 Å². The quantitative estimate of drug-likeness (QED) is 0.661. The number of alkyl halides is 1. The first-order valence-electron chi connectivity index (χ1n) is 6.43. The summed E-state index contributed by atoms with van der Waals surface area (Å²) in [4.78, 5) is 0.00731. The maximum absolute atomic E-state index is 13.9. The van der Waals surface area contributed by atoms with Gasteiger partial charge in [-0.2, -0.15) is 0 Å². The first-order valence-corrected chi connectivity index (χ1v) is 7.35. The maximum Gasteiger partial charge on any atom is 0.127 e. The predicted molar refractivity (Wildman–Crippen MR) is 82.4 cm³/mol. The lowest BCUT2D eigenvalue weighted by atomic mass is 9.98. The average molecular weight is 321 g/mol. The summed E-state index contributed by atoms with van der Waals surface area (Å²) in [6, 6.07) is 11.7. The van der Waals surface area contributed by atoms with E-state index in [1.165, 1.54) is 16.7 Å². The van der Waals surface area contributed by atoms with E-state index in [-0.39, 0.29) is 10.6 Å². The summed E-state index contributed by atoms with van der Waals surface area (Å²) in [5.74, 6) is -0.141. The Morgan fingerprint density at radius 2 is 1.63 bits per heavy atom. The zero-order chi connectivity index (χ0) is 14.0. The second-order valence-electron chi connectivity index (χ2n) is 5.13. The van der Waals surface area contributed by atoms with Crippen LogP contribution in [-0.2, 0) is 6.42 Å². The molecule has 0 aliphatic rings. The summed E-state index contributed by atoms with van der Waals surface area (Å²) in [6.45, 7) is 6.17. The molecule has 0 N–H and O–H groups in total. The summed E-state index contributed by atoms with van der Waals surface area (Å²) in [7, 11) is 0. The van der Waals surface area contributed by atoms with Crippen molar-refractivity contribution in [3.8, 4) is 0 Å². The first-order chi connectivity index (χ1) is 8.97. The van der Waals surface area contributed by atoms with Crippen molar-refractivity contribution < 1.29 is 4.39 Å². The Bertz CT molecular complexity index is 590. The Morgan fingerprint density at radius 1 is 1.00 bits per heavy atom. The molecule has 0 bridgehead atoms. The molecule has 1 atom stereocenters. The summed E-state index contributed by atoms with van der Waals surface area (Å²) in [5.41, 5.74) is 5.58. The molecule has 1 unspecified atom stereocenters. The fraction of sp³-hybridized carbons (Fsp3) is 0.294. The van der Waals surface area contributed by atoms with Crippen molar-refractivity contribution >= 4 is 15.9 Å². The number of aryl methyl sites for hydroxylation is 3. The van der Waals surface area contributed by atoms with Gasteiger partial charge in [-0.3, -0.25) is 0 Å². The number of benzene rings is 2. The zero-order valence-electron chi connectivity index (χ0n) is 11.5. The topological polar surface area (TPSA) is 0 Å². The Kier molecular flexibility index (Phi) is 4.41. The minimum Gasteiger partial charge on any atom is -0.207 e. The van der Waals surface area contributed by atoms with Crippen LogP contribution in [0.4, 0.5) is 4.39 Å². The number of halogens is 2. The van der Waals surface area contributed by atoms with E-state index >= 15 is 0 Å². The van der Waals surface area contributed by atoms with Crippen molar-refractivity contribution in [3.63, 3.8) is 0 Å². The molecule has 0 heterocycles. The minimum atomic E-state index is -0.141. The van der Waals surface area contributed by atoms with Crippen LogP contribution in [0.5, 0.6) is 0 Å². The second kappa shape index (κ2) is 5.87. The Balaban J connectivity index is 2.27. The van der Waals surface area contributed by atoms with Crippen LogP contribution in [0.2, 0.25) is 0 Å². The van der Waals surface area contributed by atoms with Crippen molar-refractivity contribution in [3.05, 3.63) is 70.0 Å². The van der Waals surface area contributed by atoms with Crippen molar-refractivity contribution in [1.82, 2.24) is 0 Å². The van der Waals surface area contributed by atoms with Gasteiger partial charge in [-0.1, -0.05) is 57.4 Å². The normalized spacial score (nSPS) is 12.5. The van der Waals surface area contributed by atoms with Crippen molar-refractivity contribution in [2.75, 3.05) is 0 Å². The van der Waals surface area contributed by atoms with Gasteiger partial charge in [-0.05, 0) is 44.4 Å². The van der Waals surface area contributed by atoms with Gasteiger partial charge >= 0.3 is 0 Å². The highest BCUT2D eigenvalue weighted by Crippen LogP contribution is 2.31. The molecule has 2 aromatic rings. The lowest BCUT2D eigenvalue weighted by molar-refractivity contribution is 0.607. The lowest BCUT2D eigenvalue weighted by Crippen LogP contribution is -2.01. The van der Waals surface area contributed by atoms with E-state index < -0.39 is 0 Å². The van der Waals surface area contributed by atoms with Gasteiger partial charge in [0.15, 0.2) is 0 Å². The summed E-state index contributed by atoms with van der Waals surface area (Å²) in [6.07, 6.45) is 0.799. The van der Waals surface area contributed by atoms with Crippen LogP contribution >= 0.6 is 15.9 Å². The molecular formula is C17H18BrF. The first kappa shape index (κ1) is 14.3. The molecule has 2 heteroatoms. The van der Waals surface area contributed by atoms with E-state index in [0.29, 0.717) is 0 Å². The molecule has 2 rings (SSSR count). The Hall–Kier alpha value is -1.15. The summed E-state index contributed by atoms with van der Waals surface area (Å²) in [5, 5.41) is 0. The van der Waals surface area contributed by atoms with Gasteiger partial charge in [0, 0.05) is 10.4 Å². The van der Waals surface area contributed by atoms with E-state index in [1.807, 2.05) is 13.0 Å². The third-order valence-corrected chi connectivity index (χ3v) is 4.21. The number of rotatable bonds is 3. The van der Waals surface area contributed by atoms with Crippen LogP contribution in [0.1, 0.15) is 32.6 Å². The van der Waals surface area contributed by atoms with Gasteiger partial charge < -0.3 is 0 Å². The lowest BCUT2D eigenvalue weighted by Gasteiger charge is -2.14. The molecule has 0 amide bonds. The maximum atomic E-state index is 13.9. The molecule has 0 fully saturated rings. The summed E-state index contributed by atoms with van der Waals surface area (Å²) >= 11 is 3.63. The van der Waals surface area contributed by atoms with Crippen LogP contribution in [-0.4, -0.2) is 0 Å². The standard InChI is InChI=1S/C17H18BrF/c1-11-4-6-13(3)14(8-11)10-16(18)15-9-12(2)5-7-17(15)19/h4-9,16H,10H2,1-3H3. The second-order valence-corrected chi connectivity index (χ2v) is 6.23. The van der Waals surface area contributed by atoms with Gasteiger partial charge in [-0.15, -0.1) is 0 Å². The van der Waals surface area contributed by atoms with Gasteiger partial charge in [0.25, 0.3) is 0 Å². The molecular weight excluding hydrogens is 303 g/mol. The molecule has 0 aromatic heterocycles. The number of hydrogen-bond donors (Lipinski definition) is 0. The third kappa shape index (κ3) is 3.44. The Labute approximate surface area is 122 Å². The van der Waals surface area contributed by atoms with E-state index in [4.69, 9.17) is 0 Å². The highest BCUT2D eigenvalue weighted by Gasteiger charge is 2.14. The smallest absolute Gasteiger partial charge is 0.127 e. The van der Waals surface area contributed by atoms with E-state index in [9.17, 15) is 4.39 Å². The molecule has 100 valence electrons. The molecule has 19 heavy (non-hydrogen) atoms. The molecule has 0 aliphatic carbocycles. The van der Waals surface area contributed by atoms with E-state index in [2.05, 4.69) is 48.0 Å². The van der Waals surface area contributed by atoms with Gasteiger partial charge in [0.1, 0.15) is 5.82 Å². The van der Waals surface area contributed by atoms with Crippen molar-refractivity contribution in [1.29, 1.82) is 0 Å². The Morgan fingerprint density at radius 3 is 2.37 bits per heavy atom. The van der Waals surface area contributed by atoms with Crippen LogP contribution in [0.3, 0.4) is 0 Å². The van der Waals surface area contributed by atoms with Crippen LogP contribution in [0.15, 0.2) is 36.4 Å². The highest BCUT2D eigenvalue weighted by atomic mass is 79.9. The molecule has 0 nitrogen and oxygen atoms in total.